The Bertz CT molecular complexity index is 754. The summed E-state index contributed by atoms with van der Waals surface area (Å²) in [6, 6.07) is 21.3. The molecule has 0 bridgehead atoms. The molecule has 1 heterocycles. The number of nitrogens with one attached hydrogen (secondary N) is 1. The zero-order valence-electron chi connectivity index (χ0n) is 12.4. The Hall–Kier alpha value is -2.10. The molecule has 0 saturated carbocycles. The van der Waals surface area contributed by atoms with Gasteiger partial charge in [-0.15, -0.1) is 11.3 Å². The van der Waals surface area contributed by atoms with E-state index < -0.39 is 0 Å². The van der Waals surface area contributed by atoms with Crippen LogP contribution in [0.25, 0.3) is 0 Å². The number of hydrogen-bond acceptors (Lipinski definition) is 2. The van der Waals surface area contributed by atoms with Crippen LogP contribution < -0.4 is 5.32 Å². The highest BCUT2D eigenvalue weighted by Gasteiger charge is 2.17. The average molecular weight is 342 g/mol. The molecule has 0 radical (unpaired) electrons. The molecule has 1 amide bonds. The normalized spacial score (nSPS) is 11.9. The minimum absolute atomic E-state index is 0.00502. The number of thiophene rings is 1. The Morgan fingerprint density at radius 2 is 1.74 bits per heavy atom. The molecule has 0 aliphatic carbocycles. The van der Waals surface area contributed by atoms with E-state index in [2.05, 4.69) is 5.32 Å². The van der Waals surface area contributed by atoms with Crippen molar-refractivity contribution >= 4 is 28.8 Å². The molecule has 2 aromatic carbocycles. The predicted octanol–water partition coefficient (Wildman–Crippen LogP) is 4.85. The molecule has 1 aromatic heterocycles. The van der Waals surface area contributed by atoms with Gasteiger partial charge in [-0.1, -0.05) is 60.1 Å². The molecule has 1 atom stereocenters. The number of hydrogen-bond donors (Lipinski definition) is 1. The maximum atomic E-state index is 12.4. The lowest BCUT2D eigenvalue weighted by Crippen LogP contribution is -2.30. The first kappa shape index (κ1) is 15.8. The van der Waals surface area contributed by atoms with E-state index in [1.807, 2.05) is 60.0 Å². The first-order valence-electron chi connectivity index (χ1n) is 7.34. The quantitative estimate of drug-likeness (QED) is 0.706. The molecule has 1 N–H and O–H groups in total. The van der Waals surface area contributed by atoms with Gasteiger partial charge in [0, 0.05) is 9.90 Å². The molecule has 1 unspecified atom stereocenters. The molecule has 0 fully saturated rings. The molecule has 0 spiro atoms. The summed E-state index contributed by atoms with van der Waals surface area (Å²) in [5.74, 6) is -0.00502. The van der Waals surface area contributed by atoms with Gasteiger partial charge in [0.2, 0.25) is 5.91 Å². The number of halogens is 1. The van der Waals surface area contributed by atoms with Crippen LogP contribution in [0.4, 0.5) is 0 Å². The number of benzene rings is 2. The Kier molecular flexibility index (Phi) is 5.11. The van der Waals surface area contributed by atoms with Crippen LogP contribution >= 0.6 is 22.9 Å². The molecule has 3 aromatic rings. The summed E-state index contributed by atoms with van der Waals surface area (Å²) in [6.45, 7) is 0. The maximum Gasteiger partial charge on any atom is 0.225 e. The van der Waals surface area contributed by atoms with Gasteiger partial charge in [0.25, 0.3) is 0 Å². The molecule has 2 nitrogen and oxygen atoms in total. The largest absolute Gasteiger partial charge is 0.344 e. The van der Waals surface area contributed by atoms with Crippen LogP contribution in [0.1, 0.15) is 22.0 Å². The van der Waals surface area contributed by atoms with E-state index in [4.69, 9.17) is 11.6 Å². The lowest BCUT2D eigenvalue weighted by molar-refractivity contribution is -0.120. The van der Waals surface area contributed by atoms with E-state index >= 15 is 0 Å². The number of carbonyl (C=O) groups excluding carboxylic acids is 1. The monoisotopic (exact) mass is 341 g/mol. The number of carbonyl (C=O) groups is 1. The lowest BCUT2D eigenvalue weighted by atomic mass is 10.0. The molecular formula is C19H16ClNOS. The van der Waals surface area contributed by atoms with Crippen molar-refractivity contribution < 1.29 is 4.79 Å². The maximum absolute atomic E-state index is 12.4. The Balaban J connectivity index is 1.76. The molecule has 23 heavy (non-hydrogen) atoms. The van der Waals surface area contributed by atoms with E-state index in [0.29, 0.717) is 11.4 Å². The zero-order chi connectivity index (χ0) is 16.1. The summed E-state index contributed by atoms with van der Waals surface area (Å²) >= 11 is 7.52. The van der Waals surface area contributed by atoms with E-state index in [1.54, 1.807) is 23.5 Å². The highest BCUT2D eigenvalue weighted by Crippen LogP contribution is 2.26. The van der Waals surface area contributed by atoms with Crippen molar-refractivity contribution in [3.8, 4) is 0 Å². The summed E-state index contributed by atoms with van der Waals surface area (Å²) in [5, 5.41) is 5.84. The molecule has 0 saturated heterocycles. The third kappa shape index (κ3) is 4.21. The topological polar surface area (TPSA) is 29.1 Å². The molecular weight excluding hydrogens is 326 g/mol. The van der Waals surface area contributed by atoms with Gasteiger partial charge in [-0.25, -0.2) is 0 Å². The third-order valence-corrected chi connectivity index (χ3v) is 4.73. The van der Waals surface area contributed by atoms with Gasteiger partial charge in [-0.2, -0.15) is 0 Å². The number of rotatable bonds is 5. The minimum Gasteiger partial charge on any atom is -0.344 e. The van der Waals surface area contributed by atoms with Gasteiger partial charge in [0.15, 0.2) is 0 Å². The second-order valence-electron chi connectivity index (χ2n) is 5.23. The van der Waals surface area contributed by atoms with Crippen LogP contribution in [0.15, 0.2) is 72.1 Å². The first-order chi connectivity index (χ1) is 11.2. The molecule has 0 aliphatic heterocycles. The minimum atomic E-state index is -0.115. The second kappa shape index (κ2) is 7.44. The van der Waals surface area contributed by atoms with Crippen LogP contribution in [0.3, 0.4) is 0 Å². The van der Waals surface area contributed by atoms with Gasteiger partial charge >= 0.3 is 0 Å². The summed E-state index contributed by atoms with van der Waals surface area (Å²) in [6.07, 6.45) is 0.339. The van der Waals surface area contributed by atoms with Gasteiger partial charge in [-0.3, -0.25) is 4.79 Å². The van der Waals surface area contributed by atoms with E-state index in [0.717, 1.165) is 16.0 Å². The smallest absolute Gasteiger partial charge is 0.225 e. The Labute approximate surface area is 144 Å². The summed E-state index contributed by atoms with van der Waals surface area (Å²) < 4.78 is 0. The Morgan fingerprint density at radius 3 is 2.39 bits per heavy atom. The predicted molar refractivity (Wildman–Crippen MR) is 95.9 cm³/mol. The fourth-order valence-corrected chi connectivity index (χ4v) is 3.35. The number of amides is 1. The molecule has 116 valence electrons. The van der Waals surface area contributed by atoms with Gasteiger partial charge in [0.05, 0.1) is 12.5 Å². The highest BCUT2D eigenvalue weighted by molar-refractivity contribution is 7.10. The first-order valence-corrected chi connectivity index (χ1v) is 8.60. The van der Waals surface area contributed by atoms with E-state index in [9.17, 15) is 4.79 Å². The van der Waals surface area contributed by atoms with Gasteiger partial charge < -0.3 is 5.32 Å². The van der Waals surface area contributed by atoms with Crippen molar-refractivity contribution in [2.24, 2.45) is 0 Å². The summed E-state index contributed by atoms with van der Waals surface area (Å²) in [4.78, 5) is 13.6. The van der Waals surface area contributed by atoms with Crippen molar-refractivity contribution in [3.05, 3.63) is 93.1 Å². The van der Waals surface area contributed by atoms with Crippen LogP contribution in [0.5, 0.6) is 0 Å². The SMILES string of the molecule is O=C(Cc1ccc(Cl)cc1)NC(c1ccccc1)c1cccs1. The van der Waals surface area contributed by atoms with Crippen LogP contribution in [-0.2, 0) is 11.2 Å². The van der Waals surface area contributed by atoms with E-state index in [1.165, 1.54) is 0 Å². The van der Waals surface area contributed by atoms with Crippen LogP contribution in [-0.4, -0.2) is 5.91 Å². The van der Waals surface area contributed by atoms with Crippen molar-refractivity contribution in [1.29, 1.82) is 0 Å². The summed E-state index contributed by atoms with van der Waals surface area (Å²) in [5.41, 5.74) is 2.03. The van der Waals surface area contributed by atoms with Crippen molar-refractivity contribution in [1.82, 2.24) is 5.32 Å². The summed E-state index contributed by atoms with van der Waals surface area (Å²) in [7, 11) is 0. The third-order valence-electron chi connectivity index (χ3n) is 3.54. The fraction of sp³-hybridized carbons (Fsp3) is 0.105. The van der Waals surface area contributed by atoms with Crippen LogP contribution in [0, 0.1) is 0 Å². The molecule has 0 aliphatic rings. The lowest BCUT2D eigenvalue weighted by Gasteiger charge is -2.18. The van der Waals surface area contributed by atoms with Crippen molar-refractivity contribution in [3.63, 3.8) is 0 Å². The van der Waals surface area contributed by atoms with Crippen molar-refractivity contribution in [2.45, 2.75) is 12.5 Å². The highest BCUT2D eigenvalue weighted by atomic mass is 35.5. The van der Waals surface area contributed by atoms with E-state index in [-0.39, 0.29) is 11.9 Å². The molecule has 3 rings (SSSR count). The fourth-order valence-electron chi connectivity index (χ4n) is 2.42. The van der Waals surface area contributed by atoms with Gasteiger partial charge in [-0.05, 0) is 34.7 Å². The van der Waals surface area contributed by atoms with Gasteiger partial charge in [0.1, 0.15) is 0 Å². The zero-order valence-corrected chi connectivity index (χ0v) is 14.0. The van der Waals surface area contributed by atoms with Crippen molar-refractivity contribution in [2.75, 3.05) is 0 Å². The average Bonchev–Trinajstić information content (AvgIpc) is 3.10. The standard InChI is InChI=1S/C19H16ClNOS/c20-16-10-8-14(9-11-16)13-18(22)21-19(17-7-4-12-23-17)15-5-2-1-3-6-15/h1-12,19H,13H2,(H,21,22). The second-order valence-corrected chi connectivity index (χ2v) is 6.65. The molecule has 4 heteroatoms. The Morgan fingerprint density at radius 1 is 1.00 bits per heavy atom. The van der Waals surface area contributed by atoms with Crippen LogP contribution in [0.2, 0.25) is 5.02 Å².